The monoisotopic (exact) mass is 354 g/mol. The molecule has 0 radical (unpaired) electrons. The third-order valence-corrected chi connectivity index (χ3v) is 4.58. The molecule has 0 saturated heterocycles. The van der Waals surface area contributed by atoms with Crippen LogP contribution in [0.15, 0.2) is 22.8 Å². The zero-order valence-corrected chi connectivity index (χ0v) is 14.1. The molecule has 0 spiro atoms. The van der Waals surface area contributed by atoms with E-state index in [0.29, 0.717) is 5.95 Å². The highest BCUT2D eigenvalue weighted by molar-refractivity contribution is 9.10. The average molecular weight is 355 g/mol. The van der Waals surface area contributed by atoms with Crippen molar-refractivity contribution in [2.75, 3.05) is 17.2 Å². The zero-order valence-electron chi connectivity index (χ0n) is 11.7. The van der Waals surface area contributed by atoms with Crippen molar-refractivity contribution in [3.63, 3.8) is 0 Å². The number of hydrogen-bond acceptors (Lipinski definition) is 5. The first-order valence-electron chi connectivity index (χ1n) is 6.80. The lowest BCUT2D eigenvalue weighted by Crippen LogP contribution is -2.07. The van der Waals surface area contributed by atoms with Gasteiger partial charge in [0, 0.05) is 22.5 Å². The minimum absolute atomic E-state index is 0.665. The molecule has 0 unspecified atom stereocenters. The summed E-state index contributed by atoms with van der Waals surface area (Å²) in [6, 6.07) is 4.35. The Morgan fingerprint density at radius 3 is 2.70 bits per heavy atom. The van der Waals surface area contributed by atoms with E-state index in [-0.39, 0.29) is 0 Å². The number of nitrogens with one attached hydrogen (secondary N) is 2. The molecular formula is C14H19BrN4S. The van der Waals surface area contributed by atoms with Crippen LogP contribution in [-0.4, -0.2) is 16.5 Å². The molecule has 20 heavy (non-hydrogen) atoms. The van der Waals surface area contributed by atoms with E-state index in [0.717, 1.165) is 36.2 Å². The quantitative estimate of drug-likeness (QED) is 0.778. The third-order valence-electron chi connectivity index (χ3n) is 2.77. The topological polar surface area (TPSA) is 49.8 Å². The minimum Gasteiger partial charge on any atom is -0.364 e. The van der Waals surface area contributed by atoms with Crippen LogP contribution in [0.3, 0.4) is 0 Å². The van der Waals surface area contributed by atoms with Gasteiger partial charge in [-0.1, -0.05) is 13.8 Å². The Kier molecular flexibility index (Phi) is 5.79. The van der Waals surface area contributed by atoms with Crippen LogP contribution < -0.4 is 10.6 Å². The maximum atomic E-state index is 4.48. The molecule has 2 N–H and O–H groups in total. The molecule has 0 aliphatic rings. The summed E-state index contributed by atoms with van der Waals surface area (Å²) < 4.78 is 0.881. The van der Waals surface area contributed by atoms with E-state index in [1.54, 1.807) is 6.20 Å². The normalized spacial score (nSPS) is 10.6. The van der Waals surface area contributed by atoms with Crippen LogP contribution in [0.2, 0.25) is 0 Å². The van der Waals surface area contributed by atoms with Crippen LogP contribution in [0.1, 0.15) is 30.0 Å². The van der Waals surface area contributed by atoms with Crippen molar-refractivity contribution in [1.82, 2.24) is 9.97 Å². The summed E-state index contributed by atoms with van der Waals surface area (Å²) in [6.45, 7) is 5.96. The van der Waals surface area contributed by atoms with Crippen molar-refractivity contribution < 1.29 is 0 Å². The molecule has 0 saturated carbocycles. The fourth-order valence-corrected chi connectivity index (χ4v) is 2.92. The maximum absolute atomic E-state index is 4.48. The first kappa shape index (κ1) is 15.3. The first-order chi connectivity index (χ1) is 9.72. The van der Waals surface area contributed by atoms with Gasteiger partial charge in [0.25, 0.3) is 0 Å². The summed E-state index contributed by atoms with van der Waals surface area (Å²) >= 11 is 5.32. The van der Waals surface area contributed by atoms with Gasteiger partial charge in [-0.15, -0.1) is 11.3 Å². The molecule has 0 atom stereocenters. The summed E-state index contributed by atoms with van der Waals surface area (Å²) in [4.78, 5) is 11.4. The second kappa shape index (κ2) is 7.59. The maximum Gasteiger partial charge on any atom is 0.224 e. The van der Waals surface area contributed by atoms with Gasteiger partial charge in [-0.25, -0.2) is 4.98 Å². The molecule has 108 valence electrons. The van der Waals surface area contributed by atoms with Gasteiger partial charge >= 0.3 is 0 Å². The molecule has 6 heteroatoms. The van der Waals surface area contributed by atoms with Crippen LogP contribution in [0.25, 0.3) is 0 Å². The average Bonchev–Trinajstić information content (AvgIpc) is 2.93. The molecular weight excluding hydrogens is 336 g/mol. The predicted octanol–water partition coefficient (Wildman–Crippen LogP) is 4.30. The fourth-order valence-electron chi connectivity index (χ4n) is 1.69. The van der Waals surface area contributed by atoms with Gasteiger partial charge in [0.2, 0.25) is 5.95 Å². The molecule has 0 amide bonds. The number of aromatic nitrogens is 2. The van der Waals surface area contributed by atoms with Crippen LogP contribution in [0.5, 0.6) is 0 Å². The van der Waals surface area contributed by atoms with Crippen molar-refractivity contribution >= 4 is 39.0 Å². The molecule has 2 aromatic rings. The number of nitrogens with zero attached hydrogens (tertiary/aromatic N) is 2. The Bertz CT molecular complexity index is 556. The predicted molar refractivity (Wildman–Crippen MR) is 89.5 cm³/mol. The molecule has 4 nitrogen and oxygen atoms in total. The Morgan fingerprint density at radius 2 is 2.00 bits per heavy atom. The van der Waals surface area contributed by atoms with E-state index in [1.165, 1.54) is 9.75 Å². The largest absolute Gasteiger partial charge is 0.364 e. The summed E-state index contributed by atoms with van der Waals surface area (Å²) in [6.07, 6.45) is 3.92. The van der Waals surface area contributed by atoms with Crippen LogP contribution in [0.4, 0.5) is 11.8 Å². The van der Waals surface area contributed by atoms with E-state index in [1.807, 2.05) is 11.3 Å². The smallest absolute Gasteiger partial charge is 0.224 e. The zero-order chi connectivity index (χ0) is 14.4. The van der Waals surface area contributed by atoms with Crippen molar-refractivity contribution in [3.05, 3.63) is 32.6 Å². The Hall–Kier alpha value is -1.14. The molecule has 0 aliphatic heterocycles. The van der Waals surface area contributed by atoms with E-state index >= 15 is 0 Å². The van der Waals surface area contributed by atoms with Gasteiger partial charge in [0.05, 0.1) is 11.0 Å². The molecule has 2 heterocycles. The number of aryl methyl sites for hydroxylation is 1. The second-order valence-corrected chi connectivity index (χ2v) is 6.50. The number of thiophene rings is 1. The highest BCUT2D eigenvalue weighted by Crippen LogP contribution is 2.23. The van der Waals surface area contributed by atoms with Crippen molar-refractivity contribution in [2.24, 2.45) is 0 Å². The first-order valence-corrected chi connectivity index (χ1v) is 8.41. The van der Waals surface area contributed by atoms with E-state index in [4.69, 9.17) is 0 Å². The van der Waals surface area contributed by atoms with Crippen molar-refractivity contribution in [1.29, 1.82) is 0 Å². The number of rotatable bonds is 7. The fraction of sp³-hybridized carbons (Fsp3) is 0.429. The van der Waals surface area contributed by atoms with E-state index in [2.05, 4.69) is 62.5 Å². The highest BCUT2D eigenvalue weighted by Gasteiger charge is 2.05. The van der Waals surface area contributed by atoms with E-state index < -0.39 is 0 Å². The van der Waals surface area contributed by atoms with Gasteiger partial charge in [-0.05, 0) is 40.9 Å². The molecule has 2 aromatic heterocycles. The summed E-state index contributed by atoms with van der Waals surface area (Å²) in [5.41, 5.74) is 0. The molecule has 0 fully saturated rings. The Morgan fingerprint density at radius 1 is 1.20 bits per heavy atom. The molecule has 0 bridgehead atoms. The summed E-state index contributed by atoms with van der Waals surface area (Å²) in [7, 11) is 0. The van der Waals surface area contributed by atoms with Crippen LogP contribution in [0, 0.1) is 0 Å². The second-order valence-electron chi connectivity index (χ2n) is 4.39. The Labute approximate surface area is 132 Å². The molecule has 0 aromatic carbocycles. The van der Waals surface area contributed by atoms with Crippen LogP contribution >= 0.6 is 27.3 Å². The highest BCUT2D eigenvalue weighted by atomic mass is 79.9. The van der Waals surface area contributed by atoms with Gasteiger partial charge in [0.15, 0.2) is 0 Å². The number of hydrogen-bond donors (Lipinski definition) is 2. The summed E-state index contributed by atoms with van der Waals surface area (Å²) in [5.74, 6) is 1.49. The lowest BCUT2D eigenvalue weighted by Gasteiger charge is -2.09. The van der Waals surface area contributed by atoms with Gasteiger partial charge in [0.1, 0.15) is 5.82 Å². The lowest BCUT2D eigenvalue weighted by atomic mass is 10.3. The third kappa shape index (κ3) is 4.18. The van der Waals surface area contributed by atoms with Crippen LogP contribution in [-0.2, 0) is 13.0 Å². The van der Waals surface area contributed by atoms with Gasteiger partial charge in [-0.3, -0.25) is 0 Å². The molecule has 0 aliphatic carbocycles. The Balaban J connectivity index is 2.00. The number of anilines is 2. The standard InChI is InChI=1S/C14H19BrN4S/c1-3-7-16-14-18-9-12(15)13(19-14)17-8-11-6-5-10(4-2)20-11/h5-6,9H,3-4,7-8H2,1-2H3,(H2,16,17,18,19). The van der Waals surface area contributed by atoms with Crippen molar-refractivity contribution in [2.45, 2.75) is 33.2 Å². The molecule has 2 rings (SSSR count). The van der Waals surface area contributed by atoms with Gasteiger partial charge < -0.3 is 10.6 Å². The lowest BCUT2D eigenvalue weighted by molar-refractivity contribution is 0.949. The minimum atomic E-state index is 0.665. The summed E-state index contributed by atoms with van der Waals surface area (Å²) in [5, 5.41) is 6.55. The number of halogens is 1. The SMILES string of the molecule is CCCNc1ncc(Br)c(NCc2ccc(CC)s2)n1. The van der Waals surface area contributed by atoms with E-state index in [9.17, 15) is 0 Å². The van der Waals surface area contributed by atoms with Crippen molar-refractivity contribution in [3.8, 4) is 0 Å². The van der Waals surface area contributed by atoms with Gasteiger partial charge in [-0.2, -0.15) is 4.98 Å².